The minimum absolute atomic E-state index is 0.365. The number of nitrogens with two attached hydrogens (primary N) is 1. The SMILES string of the molecule is COC(=O)C(N)c1cc2ccc(Cl)cc2o1. The molecule has 2 N–H and O–H groups in total. The minimum Gasteiger partial charge on any atom is -0.468 e. The smallest absolute Gasteiger partial charge is 0.330 e. The number of furan rings is 1. The van der Waals surface area contributed by atoms with Crippen molar-refractivity contribution in [1.82, 2.24) is 0 Å². The monoisotopic (exact) mass is 239 g/mol. The lowest BCUT2D eigenvalue weighted by Crippen LogP contribution is -2.21. The van der Waals surface area contributed by atoms with Crippen molar-refractivity contribution >= 4 is 28.5 Å². The fourth-order valence-electron chi connectivity index (χ4n) is 1.42. The second-order valence-electron chi connectivity index (χ2n) is 3.33. The third kappa shape index (κ3) is 1.89. The number of halogens is 1. The summed E-state index contributed by atoms with van der Waals surface area (Å²) in [5.74, 6) is -0.172. The van der Waals surface area contributed by atoms with Gasteiger partial charge in [0.15, 0.2) is 6.04 Å². The summed E-state index contributed by atoms with van der Waals surface area (Å²) in [6.07, 6.45) is 0. The molecule has 0 aliphatic rings. The first-order valence-electron chi connectivity index (χ1n) is 4.64. The zero-order valence-corrected chi connectivity index (χ0v) is 9.32. The first kappa shape index (κ1) is 11.0. The van der Waals surface area contributed by atoms with Crippen molar-refractivity contribution in [2.45, 2.75) is 6.04 Å². The molecule has 84 valence electrons. The summed E-state index contributed by atoms with van der Waals surface area (Å²) in [7, 11) is 1.28. The van der Waals surface area contributed by atoms with Crippen LogP contribution >= 0.6 is 11.6 Å². The normalized spacial score (nSPS) is 12.7. The Morgan fingerprint density at radius 3 is 2.94 bits per heavy atom. The number of carbonyl (C=O) groups is 1. The Labute approximate surface area is 96.9 Å². The molecule has 0 spiro atoms. The van der Waals surface area contributed by atoms with E-state index in [1.54, 1.807) is 24.3 Å². The van der Waals surface area contributed by atoms with Crippen molar-refractivity contribution in [3.05, 3.63) is 35.0 Å². The molecule has 5 heteroatoms. The molecule has 0 aliphatic carbocycles. The van der Waals surface area contributed by atoms with E-state index in [9.17, 15) is 4.79 Å². The Morgan fingerprint density at radius 2 is 2.25 bits per heavy atom. The molecule has 4 nitrogen and oxygen atoms in total. The number of rotatable bonds is 2. The number of hydrogen-bond acceptors (Lipinski definition) is 4. The van der Waals surface area contributed by atoms with Crippen LogP contribution in [0.1, 0.15) is 11.8 Å². The molecule has 16 heavy (non-hydrogen) atoms. The zero-order chi connectivity index (χ0) is 11.7. The van der Waals surface area contributed by atoms with Gasteiger partial charge in [-0.2, -0.15) is 0 Å². The summed E-state index contributed by atoms with van der Waals surface area (Å²) in [6, 6.07) is 6.01. The molecule has 1 aromatic heterocycles. The van der Waals surface area contributed by atoms with Gasteiger partial charge in [0.2, 0.25) is 0 Å². The molecule has 1 unspecified atom stereocenters. The number of benzene rings is 1. The highest BCUT2D eigenvalue weighted by Gasteiger charge is 2.20. The number of carbonyl (C=O) groups excluding carboxylic acids is 1. The molecule has 0 bridgehead atoms. The van der Waals surface area contributed by atoms with Crippen molar-refractivity contribution in [2.75, 3.05) is 7.11 Å². The molecule has 0 saturated carbocycles. The van der Waals surface area contributed by atoms with Crippen LogP contribution in [-0.4, -0.2) is 13.1 Å². The molecule has 0 aliphatic heterocycles. The summed E-state index contributed by atoms with van der Waals surface area (Å²) in [5.41, 5.74) is 6.25. The quantitative estimate of drug-likeness (QED) is 0.817. The Kier molecular flexibility index (Phi) is 2.85. The highest BCUT2D eigenvalue weighted by molar-refractivity contribution is 6.31. The molecule has 2 rings (SSSR count). The Hall–Kier alpha value is -1.52. The van der Waals surface area contributed by atoms with Crippen LogP contribution in [0.2, 0.25) is 5.02 Å². The van der Waals surface area contributed by atoms with E-state index >= 15 is 0 Å². The van der Waals surface area contributed by atoms with E-state index in [-0.39, 0.29) is 0 Å². The number of hydrogen-bond donors (Lipinski definition) is 1. The summed E-state index contributed by atoms with van der Waals surface area (Å²) in [4.78, 5) is 11.2. The largest absolute Gasteiger partial charge is 0.468 e. The van der Waals surface area contributed by atoms with Crippen LogP contribution in [0, 0.1) is 0 Å². The molecule has 1 heterocycles. The lowest BCUT2D eigenvalue weighted by Gasteiger charge is -2.04. The standard InChI is InChI=1S/C11H10ClNO3/c1-15-11(14)10(13)9-4-6-2-3-7(12)5-8(6)16-9/h2-5,10H,13H2,1H3. The molecule has 0 amide bonds. The van der Waals surface area contributed by atoms with Gasteiger partial charge in [0.1, 0.15) is 11.3 Å². The van der Waals surface area contributed by atoms with E-state index in [4.69, 9.17) is 21.8 Å². The van der Waals surface area contributed by atoms with Gasteiger partial charge in [-0.1, -0.05) is 11.6 Å². The van der Waals surface area contributed by atoms with E-state index in [1.807, 2.05) is 0 Å². The lowest BCUT2D eigenvalue weighted by atomic mass is 10.2. The third-order valence-electron chi connectivity index (χ3n) is 2.26. The second-order valence-corrected chi connectivity index (χ2v) is 3.77. The van der Waals surface area contributed by atoms with Crippen LogP contribution in [-0.2, 0) is 9.53 Å². The van der Waals surface area contributed by atoms with E-state index in [2.05, 4.69) is 4.74 Å². The van der Waals surface area contributed by atoms with E-state index < -0.39 is 12.0 Å². The Morgan fingerprint density at radius 1 is 1.50 bits per heavy atom. The van der Waals surface area contributed by atoms with Gasteiger partial charge in [-0.15, -0.1) is 0 Å². The zero-order valence-electron chi connectivity index (χ0n) is 8.57. The van der Waals surface area contributed by atoms with Crippen molar-refractivity contribution in [2.24, 2.45) is 5.73 Å². The maximum absolute atomic E-state index is 11.2. The van der Waals surface area contributed by atoms with Gasteiger partial charge in [0.25, 0.3) is 0 Å². The number of methoxy groups -OCH3 is 1. The summed E-state index contributed by atoms with van der Waals surface area (Å²) < 4.78 is 9.96. The fourth-order valence-corrected chi connectivity index (χ4v) is 1.58. The van der Waals surface area contributed by atoms with Gasteiger partial charge in [-0.3, -0.25) is 0 Å². The fraction of sp³-hybridized carbons (Fsp3) is 0.182. The van der Waals surface area contributed by atoms with Gasteiger partial charge in [-0.05, 0) is 18.2 Å². The maximum atomic E-state index is 11.2. The van der Waals surface area contributed by atoms with Crippen LogP contribution in [0.25, 0.3) is 11.0 Å². The predicted octanol–water partition coefficient (Wildman–Crippen LogP) is 2.26. The van der Waals surface area contributed by atoms with Crippen LogP contribution in [0.5, 0.6) is 0 Å². The van der Waals surface area contributed by atoms with E-state index in [1.165, 1.54) is 7.11 Å². The molecule has 1 aromatic carbocycles. The average Bonchev–Trinajstić information content (AvgIpc) is 2.69. The first-order valence-corrected chi connectivity index (χ1v) is 5.02. The molecule has 2 aromatic rings. The predicted molar refractivity (Wildman–Crippen MR) is 60.2 cm³/mol. The van der Waals surface area contributed by atoms with Crippen LogP contribution < -0.4 is 5.73 Å². The summed E-state index contributed by atoms with van der Waals surface area (Å²) in [6.45, 7) is 0. The molecular weight excluding hydrogens is 230 g/mol. The molecule has 0 radical (unpaired) electrons. The highest BCUT2D eigenvalue weighted by atomic mass is 35.5. The molecule has 0 fully saturated rings. The molecular formula is C11H10ClNO3. The molecule has 1 atom stereocenters. The Bertz CT molecular complexity index is 535. The summed E-state index contributed by atoms with van der Waals surface area (Å²) in [5, 5.41) is 1.42. The lowest BCUT2D eigenvalue weighted by molar-refractivity contribution is -0.142. The van der Waals surface area contributed by atoms with Crippen LogP contribution in [0.4, 0.5) is 0 Å². The van der Waals surface area contributed by atoms with Crippen molar-refractivity contribution in [3.8, 4) is 0 Å². The molecule has 0 saturated heterocycles. The maximum Gasteiger partial charge on any atom is 0.330 e. The Balaban J connectivity index is 2.43. The van der Waals surface area contributed by atoms with Gasteiger partial charge >= 0.3 is 5.97 Å². The van der Waals surface area contributed by atoms with Gasteiger partial charge in [0, 0.05) is 16.5 Å². The topological polar surface area (TPSA) is 65.5 Å². The van der Waals surface area contributed by atoms with Gasteiger partial charge < -0.3 is 14.9 Å². The average molecular weight is 240 g/mol. The number of fused-ring (bicyclic) bond motifs is 1. The third-order valence-corrected chi connectivity index (χ3v) is 2.50. The number of esters is 1. The first-order chi connectivity index (χ1) is 7.61. The minimum atomic E-state index is -0.906. The van der Waals surface area contributed by atoms with Crippen molar-refractivity contribution in [3.63, 3.8) is 0 Å². The highest BCUT2D eigenvalue weighted by Crippen LogP contribution is 2.25. The van der Waals surface area contributed by atoms with E-state index in [0.717, 1.165) is 5.39 Å². The van der Waals surface area contributed by atoms with Gasteiger partial charge in [-0.25, -0.2) is 4.79 Å². The summed E-state index contributed by atoms with van der Waals surface area (Å²) >= 11 is 5.81. The second kappa shape index (κ2) is 4.15. The van der Waals surface area contributed by atoms with Crippen molar-refractivity contribution < 1.29 is 13.9 Å². The number of ether oxygens (including phenoxy) is 1. The van der Waals surface area contributed by atoms with Crippen LogP contribution in [0.15, 0.2) is 28.7 Å². The van der Waals surface area contributed by atoms with Crippen LogP contribution in [0.3, 0.4) is 0 Å². The van der Waals surface area contributed by atoms with Crippen molar-refractivity contribution in [1.29, 1.82) is 0 Å². The van der Waals surface area contributed by atoms with E-state index in [0.29, 0.717) is 16.4 Å². The van der Waals surface area contributed by atoms with Gasteiger partial charge in [0.05, 0.1) is 7.11 Å².